The van der Waals surface area contributed by atoms with Crippen LogP contribution in [0, 0.1) is 5.92 Å². The average molecular weight is 406 g/mol. The normalized spacial score (nSPS) is 12.2. The Hall–Kier alpha value is -1.64. The number of halogens is 1. The highest BCUT2D eigenvalue weighted by Gasteiger charge is 2.21. The van der Waals surface area contributed by atoms with Gasteiger partial charge in [0.15, 0.2) is 9.84 Å². The van der Waals surface area contributed by atoms with Gasteiger partial charge in [-0.1, -0.05) is 13.8 Å². The molecule has 1 aromatic carbocycles. The number of amides is 2. The fraction of sp³-hybridized carbons (Fsp3) is 0.529. The van der Waals surface area contributed by atoms with Crippen molar-refractivity contribution in [1.82, 2.24) is 10.2 Å². The van der Waals surface area contributed by atoms with Gasteiger partial charge in [0, 0.05) is 32.2 Å². The van der Waals surface area contributed by atoms with Crippen molar-refractivity contribution in [3.63, 3.8) is 0 Å². The minimum Gasteiger partial charge on any atom is -0.348 e. The molecule has 26 heavy (non-hydrogen) atoms. The number of nitrogens with two attached hydrogens (primary N) is 1. The fourth-order valence-electron chi connectivity index (χ4n) is 2.24. The van der Waals surface area contributed by atoms with Crippen molar-refractivity contribution in [3.05, 3.63) is 29.8 Å². The quantitative estimate of drug-likeness (QED) is 0.672. The van der Waals surface area contributed by atoms with Gasteiger partial charge in [0.1, 0.15) is 5.75 Å². The molecular formula is C17H28ClN3O4S. The fourth-order valence-corrected chi connectivity index (χ4v) is 3.54. The lowest BCUT2D eigenvalue weighted by Crippen LogP contribution is -2.41. The third-order valence-corrected chi connectivity index (χ3v) is 5.28. The van der Waals surface area contributed by atoms with Gasteiger partial charge in [-0.05, 0) is 36.6 Å². The molecule has 2 amide bonds. The molecule has 1 aromatic rings. The summed E-state index contributed by atoms with van der Waals surface area (Å²) in [5.41, 5.74) is 6.02. The maximum Gasteiger partial charge on any atom is 0.251 e. The van der Waals surface area contributed by atoms with Crippen LogP contribution in [0.25, 0.3) is 0 Å². The monoisotopic (exact) mass is 405 g/mol. The molecule has 0 heterocycles. The van der Waals surface area contributed by atoms with Gasteiger partial charge in [0.25, 0.3) is 5.91 Å². The largest absolute Gasteiger partial charge is 0.348 e. The first-order chi connectivity index (χ1) is 11.6. The van der Waals surface area contributed by atoms with Crippen LogP contribution in [0.4, 0.5) is 0 Å². The van der Waals surface area contributed by atoms with E-state index in [4.69, 9.17) is 5.73 Å². The minimum atomic E-state index is -3.73. The lowest BCUT2D eigenvalue weighted by molar-refractivity contribution is -0.125. The Kier molecular flexibility index (Phi) is 9.83. The molecule has 0 aliphatic heterocycles. The number of benzene rings is 1. The second-order valence-electron chi connectivity index (χ2n) is 6.61. The van der Waals surface area contributed by atoms with Gasteiger partial charge < -0.3 is 16.0 Å². The highest BCUT2D eigenvalue weighted by atomic mass is 35.5. The predicted molar refractivity (Wildman–Crippen MR) is 104 cm³/mol. The molecule has 0 bridgehead atoms. The zero-order chi connectivity index (χ0) is 19.2. The Morgan fingerprint density at radius 3 is 2.12 bits per heavy atom. The van der Waals surface area contributed by atoms with Crippen molar-refractivity contribution in [3.8, 4) is 0 Å². The zero-order valence-electron chi connectivity index (χ0n) is 15.6. The molecule has 0 saturated carbocycles. The van der Waals surface area contributed by atoms with E-state index in [1.165, 1.54) is 43.3 Å². The summed E-state index contributed by atoms with van der Waals surface area (Å²) in [6.45, 7) is 4.43. The molecule has 1 atom stereocenters. The third kappa shape index (κ3) is 7.31. The van der Waals surface area contributed by atoms with Crippen molar-refractivity contribution >= 4 is 34.1 Å². The molecule has 1 rings (SSSR count). The summed E-state index contributed by atoms with van der Waals surface area (Å²) in [5.74, 6) is -1.00. The van der Waals surface area contributed by atoms with E-state index in [9.17, 15) is 18.0 Å². The average Bonchev–Trinajstić information content (AvgIpc) is 2.53. The highest BCUT2D eigenvalue weighted by Crippen LogP contribution is 2.14. The summed E-state index contributed by atoms with van der Waals surface area (Å²) in [5, 5.41) is 2.85. The van der Waals surface area contributed by atoms with E-state index in [2.05, 4.69) is 5.32 Å². The topological polar surface area (TPSA) is 110 Å². The Bertz CT molecular complexity index is 703. The van der Waals surface area contributed by atoms with Gasteiger partial charge in [-0.2, -0.15) is 0 Å². The number of nitrogens with zero attached hydrogens (tertiary/aromatic N) is 1. The molecule has 7 nitrogen and oxygen atoms in total. The molecular weight excluding hydrogens is 378 g/mol. The van der Waals surface area contributed by atoms with Crippen molar-refractivity contribution in [2.45, 2.75) is 31.2 Å². The zero-order valence-corrected chi connectivity index (χ0v) is 17.2. The highest BCUT2D eigenvalue weighted by molar-refractivity contribution is 7.92. The molecule has 0 saturated heterocycles. The molecule has 0 fully saturated rings. The number of carbonyl (C=O) groups excluding carboxylic acids is 2. The van der Waals surface area contributed by atoms with Crippen molar-refractivity contribution in [2.24, 2.45) is 11.7 Å². The van der Waals surface area contributed by atoms with E-state index in [1.54, 1.807) is 0 Å². The van der Waals surface area contributed by atoms with Gasteiger partial charge in [-0.3, -0.25) is 9.59 Å². The molecule has 0 radical (unpaired) electrons. The summed E-state index contributed by atoms with van der Waals surface area (Å²) < 4.78 is 24.4. The number of hydrogen-bond donors (Lipinski definition) is 2. The molecule has 0 aromatic heterocycles. The molecule has 9 heteroatoms. The van der Waals surface area contributed by atoms with Gasteiger partial charge in [0.2, 0.25) is 5.91 Å². The first-order valence-electron chi connectivity index (χ1n) is 8.10. The first kappa shape index (κ1) is 24.4. The van der Waals surface area contributed by atoms with Crippen molar-refractivity contribution < 1.29 is 18.0 Å². The Balaban J connectivity index is 0.00000625. The van der Waals surface area contributed by atoms with Crippen LogP contribution >= 0.6 is 12.4 Å². The molecule has 3 N–H and O–H groups in total. The van der Waals surface area contributed by atoms with Crippen LogP contribution in [0.2, 0.25) is 0 Å². The minimum absolute atomic E-state index is 0. The van der Waals surface area contributed by atoms with Crippen LogP contribution in [0.1, 0.15) is 30.6 Å². The van der Waals surface area contributed by atoms with Gasteiger partial charge >= 0.3 is 0 Å². The number of sulfone groups is 1. The summed E-state index contributed by atoms with van der Waals surface area (Å²) in [6, 6.07) is 5.42. The maximum absolute atomic E-state index is 12.2. The van der Waals surface area contributed by atoms with E-state index < -0.39 is 21.5 Å². The van der Waals surface area contributed by atoms with Crippen LogP contribution < -0.4 is 11.1 Å². The summed E-state index contributed by atoms with van der Waals surface area (Å²) in [7, 11) is -0.741. The second-order valence-corrected chi connectivity index (χ2v) is 8.60. The summed E-state index contributed by atoms with van der Waals surface area (Å²) in [6.07, 6.45) is 0.765. The van der Waals surface area contributed by atoms with Crippen LogP contribution in [0.3, 0.4) is 0 Å². The lowest BCUT2D eigenvalue weighted by Gasteiger charge is -2.19. The van der Waals surface area contributed by atoms with Crippen molar-refractivity contribution in [1.29, 1.82) is 0 Å². The van der Waals surface area contributed by atoms with E-state index in [-0.39, 0.29) is 29.3 Å². The number of rotatable bonds is 8. The lowest BCUT2D eigenvalue weighted by atomic mass is 10.0. The maximum atomic E-state index is 12.2. The van der Waals surface area contributed by atoms with Gasteiger partial charge in [-0.25, -0.2) is 8.42 Å². The van der Waals surface area contributed by atoms with Crippen LogP contribution in [-0.4, -0.2) is 57.6 Å². The van der Waals surface area contributed by atoms with Crippen LogP contribution in [-0.2, 0) is 14.6 Å². The first-order valence-corrected chi connectivity index (χ1v) is 9.76. The standard InChI is InChI=1S/C17H27N3O4S.ClH/c1-12(2)9-14(10-18)19-17(22)13-5-7-15(8-6-13)25(23,24)11-16(21)20(3)4;/h5-8,12,14H,9-11,18H2,1-4H3,(H,19,22);1H. The molecule has 0 spiro atoms. The van der Waals surface area contributed by atoms with Gasteiger partial charge in [0.05, 0.1) is 4.90 Å². The third-order valence-electron chi connectivity index (χ3n) is 3.66. The molecule has 0 aliphatic carbocycles. The summed E-state index contributed by atoms with van der Waals surface area (Å²) >= 11 is 0. The SMILES string of the molecule is CC(C)CC(CN)NC(=O)c1ccc(S(=O)(=O)CC(=O)N(C)C)cc1.Cl. The van der Waals surface area contributed by atoms with E-state index in [0.29, 0.717) is 18.0 Å². The van der Waals surface area contributed by atoms with Crippen LogP contribution in [0.5, 0.6) is 0 Å². The number of nitrogens with one attached hydrogen (secondary N) is 1. The number of carbonyl (C=O) groups is 2. The van der Waals surface area contributed by atoms with E-state index in [1.807, 2.05) is 13.8 Å². The Morgan fingerprint density at radius 1 is 1.15 bits per heavy atom. The van der Waals surface area contributed by atoms with E-state index in [0.717, 1.165) is 6.42 Å². The van der Waals surface area contributed by atoms with Crippen molar-refractivity contribution in [2.75, 3.05) is 26.4 Å². The molecule has 1 unspecified atom stereocenters. The number of hydrogen-bond acceptors (Lipinski definition) is 5. The van der Waals surface area contributed by atoms with Gasteiger partial charge in [-0.15, -0.1) is 12.4 Å². The Labute approximate surface area is 161 Å². The second kappa shape index (κ2) is 10.5. The smallest absolute Gasteiger partial charge is 0.251 e. The Morgan fingerprint density at radius 2 is 1.69 bits per heavy atom. The van der Waals surface area contributed by atoms with E-state index >= 15 is 0 Å². The van der Waals surface area contributed by atoms with Crippen LogP contribution in [0.15, 0.2) is 29.2 Å². The summed E-state index contributed by atoms with van der Waals surface area (Å²) in [4.78, 5) is 25.1. The molecule has 0 aliphatic rings. The predicted octanol–water partition coefficient (Wildman–Crippen LogP) is 1.07. The molecule has 148 valence electrons.